The predicted octanol–water partition coefficient (Wildman–Crippen LogP) is 6.87. The summed E-state index contributed by atoms with van der Waals surface area (Å²) >= 11 is -0.556. The molecule has 2 fully saturated rings. The van der Waals surface area contributed by atoms with Gasteiger partial charge in [0, 0.05) is 0 Å². The Morgan fingerprint density at radius 3 is 2.29 bits per heavy atom. The van der Waals surface area contributed by atoms with Crippen LogP contribution in [0.2, 0.25) is 18.6 Å². The molecule has 1 aliphatic heterocycles. The fourth-order valence-electron chi connectivity index (χ4n) is 5.03. The van der Waals surface area contributed by atoms with Crippen LogP contribution in [0, 0.1) is 19.3 Å². The van der Waals surface area contributed by atoms with Crippen molar-refractivity contribution in [3.8, 4) is 0 Å². The van der Waals surface area contributed by atoms with E-state index >= 15 is 0 Å². The normalized spacial score (nSPS) is 29.6. The second-order valence-electron chi connectivity index (χ2n) is 7.93. The molecular weight excluding hydrogens is 441 g/mol. The average molecular weight is 471 g/mol. The SMILES string of the molecule is C[Si](C)(C1C(c2ccccc2)CC2C=CC=CC21)N1C[N-]C[N-]C1.[CH3-].[Cl][Ti+4][Cl]. The second kappa shape index (κ2) is 11.5. The van der Waals surface area contributed by atoms with Gasteiger partial charge in [-0.1, -0.05) is 67.7 Å². The van der Waals surface area contributed by atoms with Crippen LogP contribution < -0.4 is 0 Å². The van der Waals surface area contributed by atoms with Crippen molar-refractivity contribution in [2.24, 2.45) is 11.8 Å². The topological polar surface area (TPSA) is 31.4 Å². The van der Waals surface area contributed by atoms with Crippen molar-refractivity contribution in [3.05, 3.63) is 78.3 Å². The van der Waals surface area contributed by atoms with Crippen molar-refractivity contribution in [1.82, 2.24) is 4.57 Å². The van der Waals surface area contributed by atoms with Crippen LogP contribution in [-0.2, 0) is 17.0 Å². The summed E-state index contributed by atoms with van der Waals surface area (Å²) in [6.45, 7) is 7.51. The van der Waals surface area contributed by atoms with Crippen molar-refractivity contribution < 1.29 is 17.0 Å². The Morgan fingerprint density at radius 1 is 1.04 bits per heavy atom. The number of nitrogens with zero attached hydrogens (tertiary/aromatic N) is 3. The molecule has 1 saturated carbocycles. The van der Waals surface area contributed by atoms with Crippen molar-refractivity contribution in [2.45, 2.75) is 31.0 Å². The van der Waals surface area contributed by atoms with Gasteiger partial charge in [0.15, 0.2) is 0 Å². The monoisotopic (exact) mass is 470 g/mol. The summed E-state index contributed by atoms with van der Waals surface area (Å²) in [4.78, 5) is 0. The van der Waals surface area contributed by atoms with E-state index in [1.165, 1.54) is 12.0 Å². The molecule has 0 N–H and O–H groups in total. The Morgan fingerprint density at radius 2 is 1.64 bits per heavy atom. The van der Waals surface area contributed by atoms with E-state index in [4.69, 9.17) is 18.6 Å². The molecule has 28 heavy (non-hydrogen) atoms. The first-order valence-electron chi connectivity index (χ1n) is 9.47. The average Bonchev–Trinajstić information content (AvgIpc) is 3.10. The number of rotatable bonds is 3. The van der Waals surface area contributed by atoms with Crippen molar-refractivity contribution in [3.63, 3.8) is 0 Å². The van der Waals surface area contributed by atoms with E-state index in [2.05, 4.69) is 82.9 Å². The third-order valence-corrected chi connectivity index (χ3v) is 10.6. The van der Waals surface area contributed by atoms with Crippen LogP contribution >= 0.6 is 18.6 Å². The van der Waals surface area contributed by atoms with Crippen molar-refractivity contribution >= 4 is 26.8 Å². The van der Waals surface area contributed by atoms with Crippen LogP contribution in [0.4, 0.5) is 0 Å². The van der Waals surface area contributed by atoms with E-state index in [0.29, 0.717) is 24.4 Å². The molecule has 4 atom stereocenters. The van der Waals surface area contributed by atoms with E-state index in [9.17, 15) is 0 Å². The molecule has 4 unspecified atom stereocenters. The number of benzene rings is 1. The number of hydrogen-bond donors (Lipinski definition) is 0. The fourth-order valence-corrected chi connectivity index (χ4v) is 8.99. The van der Waals surface area contributed by atoms with E-state index in [-0.39, 0.29) is 7.43 Å². The first kappa shape index (κ1) is 24.4. The molecule has 1 aromatic rings. The van der Waals surface area contributed by atoms with Gasteiger partial charge in [-0.15, -0.1) is 13.3 Å². The molecule has 1 aromatic carbocycles. The van der Waals surface area contributed by atoms with Gasteiger partial charge in [0.25, 0.3) is 0 Å². The van der Waals surface area contributed by atoms with Gasteiger partial charge in [-0.2, -0.15) is 0 Å². The molecule has 4 rings (SSSR count). The number of allylic oxidation sites excluding steroid dienone is 4. The molecule has 3 aliphatic rings. The Hall–Kier alpha value is 0.0912. The summed E-state index contributed by atoms with van der Waals surface area (Å²) in [5, 5.41) is 9.12. The van der Waals surface area contributed by atoms with Gasteiger partial charge < -0.3 is 22.6 Å². The quantitative estimate of drug-likeness (QED) is 0.350. The number of hydrogen-bond acceptors (Lipinski definition) is 1. The van der Waals surface area contributed by atoms with Gasteiger partial charge in [0.05, 0.1) is 0 Å². The van der Waals surface area contributed by atoms with Crippen molar-refractivity contribution in [2.75, 3.05) is 20.0 Å². The number of halogens is 2. The van der Waals surface area contributed by atoms with E-state index in [1.807, 2.05) is 0 Å². The molecule has 0 amide bonds. The first-order valence-corrected chi connectivity index (χ1v) is 16.8. The van der Waals surface area contributed by atoms with Gasteiger partial charge >= 0.3 is 35.6 Å². The first-order chi connectivity index (χ1) is 13.1. The zero-order valence-electron chi connectivity index (χ0n) is 16.9. The van der Waals surface area contributed by atoms with E-state index in [1.54, 1.807) is 0 Å². The number of fused-ring (bicyclic) bond motifs is 1. The van der Waals surface area contributed by atoms with E-state index < -0.39 is 25.3 Å². The third-order valence-electron chi connectivity index (χ3n) is 6.27. The molecule has 0 spiro atoms. The molecule has 1 saturated heterocycles. The molecule has 1 heterocycles. The van der Waals surface area contributed by atoms with E-state index in [0.717, 1.165) is 18.9 Å². The molecule has 0 bridgehead atoms. The second-order valence-corrected chi connectivity index (χ2v) is 15.1. The zero-order chi connectivity index (χ0) is 19.3. The predicted molar refractivity (Wildman–Crippen MR) is 122 cm³/mol. The van der Waals surface area contributed by atoms with Crippen LogP contribution in [0.25, 0.3) is 10.6 Å². The maximum absolute atomic E-state index is 4.89. The molecule has 7 heteroatoms. The van der Waals surface area contributed by atoms with Crippen LogP contribution in [0.15, 0.2) is 54.6 Å². The zero-order valence-corrected chi connectivity index (χ0v) is 21.0. The van der Waals surface area contributed by atoms with Gasteiger partial charge in [-0.25, -0.2) is 0 Å². The molecule has 3 nitrogen and oxygen atoms in total. The maximum atomic E-state index is 4.89. The minimum absolute atomic E-state index is 0. The summed E-state index contributed by atoms with van der Waals surface area (Å²) in [7, 11) is 8.11. The summed E-state index contributed by atoms with van der Waals surface area (Å²) in [6.07, 6.45) is 10.7. The Kier molecular flexibility index (Phi) is 9.98. The van der Waals surface area contributed by atoms with Gasteiger partial charge in [-0.3, -0.25) is 6.67 Å². The molecule has 0 radical (unpaired) electrons. The summed E-state index contributed by atoms with van der Waals surface area (Å²) in [5.41, 5.74) is 2.24. The Labute approximate surface area is 188 Å². The van der Waals surface area contributed by atoms with Crippen LogP contribution in [0.1, 0.15) is 17.9 Å². The fraction of sp³-hybridized carbons (Fsp3) is 0.476. The van der Waals surface area contributed by atoms with Crippen LogP contribution in [0.5, 0.6) is 0 Å². The minimum atomic E-state index is -1.66. The molecule has 0 aromatic heterocycles. The standard InChI is InChI=1S/C20H27N3Si.CH3.2ClH.Ti/c1-24(2,23-14-21-13-22-15-23)20-18-11-7-6-10-17(18)12-19(20)16-8-4-3-5-9-16;;;;/h3-11,17-20H,12-15H2,1-2H3;1H3;2*1H;/q-2;-1;;;+6/p-2. The van der Waals surface area contributed by atoms with Gasteiger partial charge in [0.1, 0.15) is 8.24 Å². The molecule has 2 aliphatic carbocycles. The van der Waals surface area contributed by atoms with Crippen LogP contribution in [0.3, 0.4) is 0 Å². The van der Waals surface area contributed by atoms with Gasteiger partial charge in [-0.05, 0) is 35.3 Å². The Balaban J connectivity index is 0.000000660. The van der Waals surface area contributed by atoms with Crippen molar-refractivity contribution in [1.29, 1.82) is 0 Å². The third kappa shape index (κ3) is 5.41. The van der Waals surface area contributed by atoms with Gasteiger partial charge in [0.2, 0.25) is 0 Å². The summed E-state index contributed by atoms with van der Waals surface area (Å²) < 4.78 is 2.60. The molecule has 150 valence electrons. The molecular formula is C21H30Cl2N3SiTi+. The van der Waals surface area contributed by atoms with Crippen LogP contribution in [-0.4, -0.2) is 32.8 Å². The summed E-state index contributed by atoms with van der Waals surface area (Å²) in [5.74, 6) is 2.01. The Bertz CT molecular complexity index is 650. The summed E-state index contributed by atoms with van der Waals surface area (Å²) in [6, 6.07) is 11.2.